The molecule has 102 valence electrons. The number of halogens is 5. The minimum Gasteiger partial charge on any atom is -0.229 e. The van der Waals surface area contributed by atoms with E-state index in [1.54, 1.807) is 30.3 Å². The zero-order valence-corrected chi connectivity index (χ0v) is 9.90. The molecule has 2 aliphatic carbocycles. The van der Waals surface area contributed by atoms with E-state index in [1.807, 2.05) is 0 Å². The molecule has 1 aromatic carbocycles. The Morgan fingerprint density at radius 2 is 1.53 bits per heavy atom. The Bertz CT molecular complexity index is 550. The van der Waals surface area contributed by atoms with Gasteiger partial charge in [-0.05, 0) is 12.0 Å². The lowest BCUT2D eigenvalue weighted by Crippen LogP contribution is -2.40. The number of hydrogen-bond donors (Lipinski definition) is 0. The molecule has 5 heteroatoms. The molecule has 3 rings (SSSR count). The second-order valence-electron chi connectivity index (χ2n) is 5.43. The highest BCUT2D eigenvalue weighted by Gasteiger charge is 2.76. The lowest BCUT2D eigenvalue weighted by Gasteiger charge is -2.29. The molecule has 2 bridgehead atoms. The van der Waals surface area contributed by atoms with Gasteiger partial charge in [-0.25, -0.2) is 22.0 Å². The molecular formula is C14H11F5. The van der Waals surface area contributed by atoms with Gasteiger partial charge < -0.3 is 0 Å². The molecule has 19 heavy (non-hydrogen) atoms. The van der Waals surface area contributed by atoms with E-state index in [9.17, 15) is 22.0 Å². The molecule has 0 saturated heterocycles. The van der Waals surface area contributed by atoms with Crippen LogP contribution in [0.5, 0.6) is 0 Å². The monoisotopic (exact) mass is 274 g/mol. The zero-order valence-electron chi connectivity index (χ0n) is 9.90. The molecule has 0 N–H and O–H groups in total. The van der Waals surface area contributed by atoms with Crippen LogP contribution in [-0.2, 0) is 6.42 Å². The number of fused-ring (bicyclic) bond motifs is 2. The van der Waals surface area contributed by atoms with Crippen molar-refractivity contribution < 1.29 is 22.0 Å². The highest BCUT2D eigenvalue weighted by atomic mass is 19.3. The third-order valence-corrected chi connectivity index (χ3v) is 4.11. The van der Waals surface area contributed by atoms with Crippen LogP contribution in [0.25, 0.3) is 0 Å². The molecular weight excluding hydrogens is 263 g/mol. The van der Waals surface area contributed by atoms with Crippen molar-refractivity contribution in [3.63, 3.8) is 0 Å². The fraction of sp³-hybridized carbons (Fsp3) is 0.429. The van der Waals surface area contributed by atoms with Crippen molar-refractivity contribution in [2.24, 2.45) is 5.41 Å². The van der Waals surface area contributed by atoms with Gasteiger partial charge in [0.25, 0.3) is 5.92 Å². The van der Waals surface area contributed by atoms with Gasteiger partial charge in [0, 0.05) is 18.3 Å². The summed E-state index contributed by atoms with van der Waals surface area (Å²) >= 11 is 0. The Balaban J connectivity index is 2.02. The third-order valence-electron chi connectivity index (χ3n) is 4.11. The number of alkyl halides is 3. The largest absolute Gasteiger partial charge is 0.289 e. The minimum atomic E-state index is -3.85. The molecule has 0 radical (unpaired) electrons. The van der Waals surface area contributed by atoms with Crippen molar-refractivity contribution in [2.75, 3.05) is 0 Å². The van der Waals surface area contributed by atoms with Gasteiger partial charge >= 0.3 is 0 Å². The van der Waals surface area contributed by atoms with Crippen molar-refractivity contribution in [2.45, 2.75) is 30.9 Å². The summed E-state index contributed by atoms with van der Waals surface area (Å²) in [6, 6.07) is 8.35. The summed E-state index contributed by atoms with van der Waals surface area (Å²) in [5, 5.41) is 0. The Morgan fingerprint density at radius 1 is 0.895 bits per heavy atom. The van der Waals surface area contributed by atoms with Crippen LogP contribution < -0.4 is 0 Å². The average Bonchev–Trinajstić information content (AvgIpc) is 2.67. The molecule has 2 unspecified atom stereocenters. The maximum Gasteiger partial charge on any atom is 0.289 e. The molecule has 0 amide bonds. The zero-order chi connectivity index (χ0) is 13.9. The van der Waals surface area contributed by atoms with E-state index in [1.165, 1.54) is 0 Å². The van der Waals surface area contributed by atoms with Gasteiger partial charge in [-0.2, -0.15) is 0 Å². The van der Waals surface area contributed by atoms with Crippen molar-refractivity contribution in [3.8, 4) is 0 Å². The van der Waals surface area contributed by atoms with Crippen LogP contribution in [0.4, 0.5) is 22.0 Å². The van der Waals surface area contributed by atoms with Crippen LogP contribution in [0.2, 0.25) is 0 Å². The maximum absolute atomic E-state index is 14.0. The average molecular weight is 274 g/mol. The molecule has 0 nitrogen and oxygen atoms in total. The quantitative estimate of drug-likeness (QED) is 0.696. The lowest BCUT2D eigenvalue weighted by atomic mass is 9.80. The molecule has 1 aromatic rings. The minimum absolute atomic E-state index is 0.117. The number of benzene rings is 1. The fourth-order valence-electron chi connectivity index (χ4n) is 3.21. The van der Waals surface area contributed by atoms with Crippen molar-refractivity contribution >= 4 is 0 Å². The predicted octanol–water partition coefficient (Wildman–Crippen LogP) is 4.52. The van der Waals surface area contributed by atoms with E-state index in [0.717, 1.165) is 0 Å². The smallest absolute Gasteiger partial charge is 0.229 e. The summed E-state index contributed by atoms with van der Waals surface area (Å²) in [4.78, 5) is 0. The van der Waals surface area contributed by atoms with Gasteiger partial charge in [0.15, 0.2) is 5.83 Å². The van der Waals surface area contributed by atoms with Crippen molar-refractivity contribution in [1.29, 1.82) is 0 Å². The first-order valence-corrected chi connectivity index (χ1v) is 5.98. The fourth-order valence-corrected chi connectivity index (χ4v) is 3.21. The topological polar surface area (TPSA) is 0 Å². The Hall–Kier alpha value is -1.39. The first kappa shape index (κ1) is 12.6. The number of hydrogen-bond acceptors (Lipinski definition) is 0. The molecule has 1 fully saturated rings. The Labute approximate surface area is 106 Å². The second kappa shape index (κ2) is 3.58. The van der Waals surface area contributed by atoms with E-state index in [4.69, 9.17) is 0 Å². The predicted molar refractivity (Wildman–Crippen MR) is 59.8 cm³/mol. The van der Waals surface area contributed by atoms with E-state index in [0.29, 0.717) is 5.56 Å². The first-order chi connectivity index (χ1) is 8.81. The van der Waals surface area contributed by atoms with E-state index < -0.39 is 41.5 Å². The van der Waals surface area contributed by atoms with Crippen molar-refractivity contribution in [1.82, 2.24) is 0 Å². The summed E-state index contributed by atoms with van der Waals surface area (Å²) < 4.78 is 68.6. The molecule has 2 atom stereocenters. The van der Waals surface area contributed by atoms with E-state index >= 15 is 0 Å². The lowest BCUT2D eigenvalue weighted by molar-refractivity contribution is -0.110. The summed E-state index contributed by atoms with van der Waals surface area (Å²) in [7, 11) is 0. The van der Waals surface area contributed by atoms with Crippen molar-refractivity contribution in [3.05, 3.63) is 47.5 Å². The Kier molecular flexibility index (Phi) is 2.38. The SMILES string of the molecule is FC1=C(F)C2(F)CC1(Cc1ccccc1)CC2(F)F. The van der Waals surface area contributed by atoms with Gasteiger partial charge in [0.2, 0.25) is 5.67 Å². The second-order valence-corrected chi connectivity index (χ2v) is 5.43. The van der Waals surface area contributed by atoms with Crippen LogP contribution in [0, 0.1) is 5.41 Å². The Morgan fingerprint density at radius 3 is 2.11 bits per heavy atom. The molecule has 1 saturated carbocycles. The maximum atomic E-state index is 14.0. The highest BCUT2D eigenvalue weighted by Crippen LogP contribution is 2.68. The van der Waals surface area contributed by atoms with Crippen LogP contribution in [0.3, 0.4) is 0 Å². The normalized spacial score (nSPS) is 36.1. The van der Waals surface area contributed by atoms with E-state index in [2.05, 4.69) is 0 Å². The number of allylic oxidation sites excluding steroid dienone is 2. The molecule has 0 spiro atoms. The third kappa shape index (κ3) is 1.50. The highest BCUT2D eigenvalue weighted by molar-refractivity contribution is 5.40. The van der Waals surface area contributed by atoms with Crippen LogP contribution >= 0.6 is 0 Å². The standard InChI is InChI=1S/C14H11F5/c15-10-11(16)13(17)7-12(10,8-14(13,18)19)6-9-4-2-1-3-5-9/h1-5H,6-8H2. The van der Waals surface area contributed by atoms with Gasteiger partial charge in [-0.15, -0.1) is 0 Å². The molecule has 0 aliphatic heterocycles. The molecule has 0 heterocycles. The molecule has 0 aromatic heterocycles. The number of rotatable bonds is 2. The van der Waals surface area contributed by atoms with Crippen LogP contribution in [0.15, 0.2) is 42.0 Å². The van der Waals surface area contributed by atoms with Crippen LogP contribution in [-0.4, -0.2) is 11.6 Å². The van der Waals surface area contributed by atoms with Gasteiger partial charge in [-0.3, -0.25) is 0 Å². The first-order valence-electron chi connectivity index (χ1n) is 5.98. The van der Waals surface area contributed by atoms with Gasteiger partial charge in [0.1, 0.15) is 5.83 Å². The van der Waals surface area contributed by atoms with E-state index in [-0.39, 0.29) is 6.42 Å². The van der Waals surface area contributed by atoms with Gasteiger partial charge in [0.05, 0.1) is 0 Å². The van der Waals surface area contributed by atoms with Gasteiger partial charge in [-0.1, -0.05) is 30.3 Å². The summed E-state index contributed by atoms with van der Waals surface area (Å²) in [5.41, 5.74) is -4.62. The summed E-state index contributed by atoms with van der Waals surface area (Å²) in [6.07, 6.45) is -1.92. The summed E-state index contributed by atoms with van der Waals surface area (Å²) in [5.74, 6) is -7.11. The molecule has 2 aliphatic rings. The van der Waals surface area contributed by atoms with Crippen LogP contribution in [0.1, 0.15) is 18.4 Å². The summed E-state index contributed by atoms with van der Waals surface area (Å²) in [6.45, 7) is 0.